The van der Waals surface area contributed by atoms with Crippen LogP contribution < -0.4 is 0 Å². The van der Waals surface area contributed by atoms with E-state index in [1.807, 2.05) is 32.8 Å². The van der Waals surface area contributed by atoms with Crippen molar-refractivity contribution in [2.24, 2.45) is 0 Å². The van der Waals surface area contributed by atoms with E-state index >= 15 is 0 Å². The van der Waals surface area contributed by atoms with Crippen LogP contribution in [0.3, 0.4) is 0 Å². The quantitative estimate of drug-likeness (QED) is 0.736. The van der Waals surface area contributed by atoms with Crippen molar-refractivity contribution < 1.29 is 13.6 Å². The number of hydrogen-bond donors (Lipinski definition) is 0. The van der Waals surface area contributed by atoms with Crippen LogP contribution in [-0.4, -0.2) is 53.9 Å². The van der Waals surface area contributed by atoms with Crippen molar-refractivity contribution >= 4 is 5.91 Å². The first-order valence-corrected chi connectivity index (χ1v) is 8.52. The van der Waals surface area contributed by atoms with Gasteiger partial charge in [0.15, 0.2) is 11.7 Å². The number of likely N-dealkylation sites (N-methyl/N-ethyl adjacent to an activating group) is 1. The van der Waals surface area contributed by atoms with Crippen LogP contribution in [0.2, 0.25) is 0 Å². The largest absolute Gasteiger partial charge is 0.441 e. The molecule has 0 saturated carbocycles. The number of carbonyl (C=O) groups excluding carboxylic acids is 1. The van der Waals surface area contributed by atoms with Gasteiger partial charge in [-0.1, -0.05) is 12.1 Å². The second-order valence-electron chi connectivity index (χ2n) is 6.58. The molecule has 25 heavy (non-hydrogen) atoms. The number of aromatic nitrogens is 1. The molecule has 6 heteroatoms. The van der Waals surface area contributed by atoms with Gasteiger partial charge in [0.2, 0.25) is 5.91 Å². The molecule has 2 rings (SSSR count). The molecule has 1 aromatic heterocycles. The number of amides is 1. The lowest BCUT2D eigenvalue weighted by Gasteiger charge is -2.28. The van der Waals surface area contributed by atoms with Crippen molar-refractivity contribution in [3.05, 3.63) is 42.2 Å². The Morgan fingerprint density at radius 1 is 1.24 bits per heavy atom. The number of nitrogens with zero attached hydrogens (tertiary/aromatic N) is 3. The van der Waals surface area contributed by atoms with Crippen molar-refractivity contribution in [2.75, 3.05) is 27.2 Å². The summed E-state index contributed by atoms with van der Waals surface area (Å²) in [6, 6.07) is 6.54. The Hall–Kier alpha value is -2.21. The van der Waals surface area contributed by atoms with E-state index in [9.17, 15) is 9.18 Å². The molecule has 0 unspecified atom stereocenters. The highest BCUT2D eigenvalue weighted by atomic mass is 19.1. The van der Waals surface area contributed by atoms with Crippen LogP contribution in [0.4, 0.5) is 4.39 Å². The summed E-state index contributed by atoms with van der Waals surface area (Å²) in [6.45, 7) is 5.53. The topological polar surface area (TPSA) is 49.6 Å². The van der Waals surface area contributed by atoms with Gasteiger partial charge in [0.25, 0.3) is 0 Å². The molecule has 2 aromatic rings. The second-order valence-corrected chi connectivity index (χ2v) is 6.58. The van der Waals surface area contributed by atoms with Gasteiger partial charge in [-0.05, 0) is 40.1 Å². The molecule has 0 fully saturated rings. The third-order valence-corrected chi connectivity index (χ3v) is 3.98. The third-order valence-electron chi connectivity index (χ3n) is 3.98. The van der Waals surface area contributed by atoms with Crippen molar-refractivity contribution in [1.82, 2.24) is 14.8 Å². The van der Waals surface area contributed by atoms with Crippen LogP contribution in [-0.2, 0) is 11.2 Å². The first kappa shape index (κ1) is 19.1. The highest BCUT2D eigenvalue weighted by molar-refractivity contribution is 5.76. The SMILES string of the molecule is CC(C)N(CCN(C)C)C(=O)CCc1ncc(-c2ccccc2F)o1. The molecule has 0 aliphatic heterocycles. The van der Waals surface area contributed by atoms with Crippen LogP contribution in [0.1, 0.15) is 26.2 Å². The van der Waals surface area contributed by atoms with Crippen LogP contribution in [0, 0.1) is 5.82 Å². The number of halogens is 1. The van der Waals surface area contributed by atoms with E-state index in [-0.39, 0.29) is 17.8 Å². The molecule has 1 aromatic carbocycles. The number of rotatable bonds is 8. The van der Waals surface area contributed by atoms with Gasteiger partial charge in [-0.25, -0.2) is 9.37 Å². The number of hydrogen-bond acceptors (Lipinski definition) is 4. The summed E-state index contributed by atoms with van der Waals surface area (Å²) in [4.78, 5) is 20.6. The van der Waals surface area contributed by atoms with E-state index in [0.717, 1.165) is 6.54 Å². The van der Waals surface area contributed by atoms with Gasteiger partial charge in [-0.15, -0.1) is 0 Å². The Balaban J connectivity index is 1.96. The summed E-state index contributed by atoms with van der Waals surface area (Å²) >= 11 is 0. The molecule has 1 amide bonds. The van der Waals surface area contributed by atoms with E-state index in [1.54, 1.807) is 18.2 Å². The van der Waals surface area contributed by atoms with Crippen molar-refractivity contribution in [3.8, 4) is 11.3 Å². The zero-order valence-electron chi connectivity index (χ0n) is 15.3. The van der Waals surface area contributed by atoms with Crippen LogP contribution >= 0.6 is 0 Å². The summed E-state index contributed by atoms with van der Waals surface area (Å²) in [7, 11) is 3.97. The van der Waals surface area contributed by atoms with Crippen LogP contribution in [0.5, 0.6) is 0 Å². The average Bonchev–Trinajstić information content (AvgIpc) is 3.01. The van der Waals surface area contributed by atoms with Gasteiger partial charge in [-0.2, -0.15) is 0 Å². The molecule has 5 nitrogen and oxygen atoms in total. The number of benzene rings is 1. The van der Waals surface area contributed by atoms with Crippen molar-refractivity contribution in [3.63, 3.8) is 0 Å². The third kappa shape index (κ3) is 5.39. The van der Waals surface area contributed by atoms with E-state index in [1.165, 1.54) is 12.3 Å². The molecular weight excluding hydrogens is 321 g/mol. The van der Waals surface area contributed by atoms with Gasteiger partial charge in [0, 0.05) is 32.0 Å². The zero-order chi connectivity index (χ0) is 18.4. The fraction of sp³-hybridized carbons (Fsp3) is 0.474. The predicted molar refractivity (Wildman–Crippen MR) is 95.6 cm³/mol. The summed E-state index contributed by atoms with van der Waals surface area (Å²) < 4.78 is 19.4. The van der Waals surface area contributed by atoms with Gasteiger partial charge >= 0.3 is 0 Å². The number of carbonyl (C=O) groups is 1. The molecule has 0 N–H and O–H groups in total. The Morgan fingerprint density at radius 3 is 2.60 bits per heavy atom. The van der Waals surface area contributed by atoms with Crippen molar-refractivity contribution in [1.29, 1.82) is 0 Å². The lowest BCUT2D eigenvalue weighted by Crippen LogP contribution is -2.41. The van der Waals surface area contributed by atoms with E-state index in [2.05, 4.69) is 9.88 Å². The Morgan fingerprint density at radius 2 is 1.96 bits per heavy atom. The summed E-state index contributed by atoms with van der Waals surface area (Å²) in [6.07, 6.45) is 2.23. The van der Waals surface area contributed by atoms with Gasteiger partial charge < -0.3 is 14.2 Å². The molecule has 0 spiro atoms. The lowest BCUT2D eigenvalue weighted by atomic mass is 10.2. The molecule has 0 bridgehead atoms. The first-order valence-electron chi connectivity index (χ1n) is 8.52. The van der Waals surface area contributed by atoms with Crippen molar-refractivity contribution in [2.45, 2.75) is 32.7 Å². The molecule has 0 saturated heterocycles. The van der Waals surface area contributed by atoms with Gasteiger partial charge in [0.1, 0.15) is 5.82 Å². The highest BCUT2D eigenvalue weighted by Gasteiger charge is 2.18. The fourth-order valence-electron chi connectivity index (χ4n) is 2.55. The van der Waals surface area contributed by atoms with E-state index < -0.39 is 0 Å². The van der Waals surface area contributed by atoms with E-state index in [0.29, 0.717) is 36.6 Å². The number of oxazole rings is 1. The molecule has 0 aliphatic carbocycles. The average molecular weight is 347 g/mol. The summed E-state index contributed by atoms with van der Waals surface area (Å²) in [5, 5.41) is 0. The minimum Gasteiger partial charge on any atom is -0.441 e. The van der Waals surface area contributed by atoms with Crippen LogP contribution in [0.25, 0.3) is 11.3 Å². The monoisotopic (exact) mass is 347 g/mol. The minimum absolute atomic E-state index is 0.0718. The second kappa shape index (κ2) is 8.76. The highest BCUT2D eigenvalue weighted by Crippen LogP contribution is 2.23. The van der Waals surface area contributed by atoms with Crippen LogP contribution in [0.15, 0.2) is 34.9 Å². The standard InChI is InChI=1S/C19H26FN3O2/c1-14(2)23(12-11-22(3)4)19(24)10-9-18-21-13-17(25-18)15-7-5-6-8-16(15)20/h5-8,13-14H,9-12H2,1-4H3. The normalized spacial score (nSPS) is 11.3. The smallest absolute Gasteiger partial charge is 0.223 e. The maximum absolute atomic E-state index is 13.8. The zero-order valence-corrected chi connectivity index (χ0v) is 15.3. The Kier molecular flexibility index (Phi) is 6.70. The number of aryl methyl sites for hydroxylation is 1. The first-order chi connectivity index (χ1) is 11.9. The molecular formula is C19H26FN3O2. The molecule has 0 atom stereocenters. The maximum Gasteiger partial charge on any atom is 0.223 e. The maximum atomic E-state index is 13.8. The Labute approximate surface area is 148 Å². The summed E-state index contributed by atoms with van der Waals surface area (Å²) in [5.41, 5.74) is 0.377. The van der Waals surface area contributed by atoms with Gasteiger partial charge in [0.05, 0.1) is 11.8 Å². The lowest BCUT2D eigenvalue weighted by molar-refractivity contribution is -0.133. The molecule has 1 heterocycles. The Bertz CT molecular complexity index is 697. The fourth-order valence-corrected chi connectivity index (χ4v) is 2.55. The van der Waals surface area contributed by atoms with Gasteiger partial charge in [-0.3, -0.25) is 4.79 Å². The molecule has 0 aliphatic rings. The predicted octanol–water partition coefficient (Wildman–Crippen LogP) is 3.21. The minimum atomic E-state index is -0.351. The molecule has 0 radical (unpaired) electrons. The molecule has 136 valence electrons. The van der Waals surface area contributed by atoms with E-state index in [4.69, 9.17) is 4.42 Å². The summed E-state index contributed by atoms with van der Waals surface area (Å²) in [5.74, 6) is 0.551.